The van der Waals surface area contributed by atoms with Crippen molar-refractivity contribution in [1.82, 2.24) is 19.9 Å². The molecule has 0 amide bonds. The first-order valence-corrected chi connectivity index (χ1v) is 20.6. The third-order valence-electron chi connectivity index (χ3n) is 11.6. The number of benzene rings is 8. The quantitative estimate of drug-likeness (QED) is 0.160. The Bertz CT molecular complexity index is 3340. The van der Waals surface area contributed by atoms with Crippen LogP contribution in [0.3, 0.4) is 0 Å². The first kappa shape index (κ1) is 35.5. The molecule has 0 unspecified atom stereocenters. The summed E-state index contributed by atoms with van der Waals surface area (Å²) in [6, 6.07) is 70.6. The summed E-state index contributed by atoms with van der Waals surface area (Å²) in [5, 5.41) is 1.92. The van der Waals surface area contributed by atoms with Crippen molar-refractivity contribution in [1.29, 1.82) is 0 Å². The largest absolute Gasteiger partial charge is 0.452 e. The Kier molecular flexibility index (Phi) is 8.38. The highest BCUT2D eigenvalue weighted by Gasteiger charge is 2.20. The molecule has 0 spiro atoms. The van der Waals surface area contributed by atoms with Gasteiger partial charge in [0.2, 0.25) is 0 Å². The van der Waals surface area contributed by atoms with Crippen molar-refractivity contribution < 1.29 is 8.83 Å². The van der Waals surface area contributed by atoms with Crippen molar-refractivity contribution >= 4 is 44.1 Å². The second kappa shape index (κ2) is 14.7. The number of hydrogen-bond acceptors (Lipinski definition) is 6. The van der Waals surface area contributed by atoms with Crippen LogP contribution in [-0.2, 0) is 0 Å². The van der Waals surface area contributed by atoms with Gasteiger partial charge in [-0.15, -0.1) is 0 Å². The number of furan rings is 2. The third-order valence-corrected chi connectivity index (χ3v) is 11.6. The van der Waals surface area contributed by atoms with Gasteiger partial charge in [-0.1, -0.05) is 182 Å². The van der Waals surface area contributed by atoms with E-state index in [1.165, 1.54) is 11.1 Å². The number of rotatable bonds is 7. The van der Waals surface area contributed by atoms with Crippen molar-refractivity contribution in [2.24, 2.45) is 0 Å². The van der Waals surface area contributed by atoms with Crippen LogP contribution in [0.25, 0.3) is 123 Å². The molecule has 6 heteroatoms. The SMILES string of the molecule is c1ccc(-c2ccc(-c3nc(-c4ccc(-c5ccc(-c6nc(-c7ccc(-c8ccccc8)cc7)c7oc8ccccc8c7n6)cc5)cc4)nc4c3oc3ccccc34)cc2)cc1. The van der Waals surface area contributed by atoms with Crippen molar-refractivity contribution in [2.75, 3.05) is 0 Å². The van der Waals surface area contributed by atoms with E-state index in [0.29, 0.717) is 22.8 Å². The van der Waals surface area contributed by atoms with Crippen LogP contribution in [0.4, 0.5) is 0 Å². The van der Waals surface area contributed by atoms with Crippen LogP contribution in [0, 0.1) is 0 Å². The van der Waals surface area contributed by atoms with Gasteiger partial charge in [0, 0.05) is 33.0 Å². The van der Waals surface area contributed by atoms with Gasteiger partial charge in [-0.25, -0.2) is 19.9 Å². The molecule has 290 valence electrons. The maximum absolute atomic E-state index is 6.41. The molecule has 0 saturated carbocycles. The minimum Gasteiger partial charge on any atom is -0.452 e. The topological polar surface area (TPSA) is 77.8 Å². The average Bonchev–Trinajstić information content (AvgIpc) is 3.93. The summed E-state index contributed by atoms with van der Waals surface area (Å²) < 4.78 is 12.8. The molecule has 8 aromatic carbocycles. The highest BCUT2D eigenvalue weighted by atomic mass is 16.3. The molecule has 4 heterocycles. The lowest BCUT2D eigenvalue weighted by Crippen LogP contribution is -1.94. The fraction of sp³-hybridized carbons (Fsp3) is 0. The van der Waals surface area contributed by atoms with E-state index in [2.05, 4.69) is 158 Å². The molecule has 12 rings (SSSR count). The van der Waals surface area contributed by atoms with Crippen molar-refractivity contribution in [2.45, 2.75) is 0 Å². The van der Waals surface area contributed by atoms with Crippen molar-refractivity contribution in [3.05, 3.63) is 206 Å². The minimum absolute atomic E-state index is 0.637. The number of para-hydroxylation sites is 2. The van der Waals surface area contributed by atoms with Gasteiger partial charge in [-0.05, 0) is 57.6 Å². The molecule has 0 atom stereocenters. The number of aromatic nitrogens is 4. The predicted octanol–water partition coefficient (Wildman–Crippen LogP) is 14.7. The Morgan fingerprint density at radius 1 is 0.242 bits per heavy atom. The summed E-state index contributed by atoms with van der Waals surface area (Å²) in [4.78, 5) is 20.5. The molecule has 0 aliphatic heterocycles. The van der Waals surface area contributed by atoms with E-state index in [1.807, 2.05) is 48.5 Å². The van der Waals surface area contributed by atoms with Gasteiger partial charge in [-0.2, -0.15) is 0 Å². The molecule has 4 aromatic heterocycles. The molecular formula is C56H34N4O2. The fourth-order valence-electron chi connectivity index (χ4n) is 8.36. The average molecular weight is 795 g/mol. The van der Waals surface area contributed by atoms with Crippen LogP contribution >= 0.6 is 0 Å². The van der Waals surface area contributed by atoms with E-state index in [1.54, 1.807) is 0 Å². The molecule has 62 heavy (non-hydrogen) atoms. The predicted molar refractivity (Wildman–Crippen MR) is 250 cm³/mol. The van der Waals surface area contributed by atoms with Crippen molar-refractivity contribution in [3.63, 3.8) is 0 Å². The lowest BCUT2D eigenvalue weighted by Gasteiger charge is -2.09. The lowest BCUT2D eigenvalue weighted by molar-refractivity contribution is 0.667. The minimum atomic E-state index is 0.637. The highest BCUT2D eigenvalue weighted by molar-refractivity contribution is 6.08. The molecule has 0 fully saturated rings. The van der Waals surface area contributed by atoms with Gasteiger partial charge in [0.1, 0.15) is 33.6 Å². The van der Waals surface area contributed by atoms with Gasteiger partial charge in [0.15, 0.2) is 22.8 Å². The maximum Gasteiger partial charge on any atom is 0.180 e. The smallest absolute Gasteiger partial charge is 0.180 e. The van der Waals surface area contributed by atoms with Crippen molar-refractivity contribution in [3.8, 4) is 78.7 Å². The molecule has 12 aromatic rings. The third kappa shape index (κ3) is 6.21. The fourth-order valence-corrected chi connectivity index (χ4v) is 8.36. The lowest BCUT2D eigenvalue weighted by atomic mass is 10.0. The van der Waals surface area contributed by atoms with Gasteiger partial charge in [0.05, 0.1) is 0 Å². The van der Waals surface area contributed by atoms with Gasteiger partial charge in [0.25, 0.3) is 0 Å². The Morgan fingerprint density at radius 3 is 0.903 bits per heavy atom. The maximum atomic E-state index is 6.41. The zero-order chi connectivity index (χ0) is 41.0. The van der Waals surface area contributed by atoms with Crippen LogP contribution < -0.4 is 0 Å². The highest BCUT2D eigenvalue weighted by Crippen LogP contribution is 2.39. The second-order valence-corrected chi connectivity index (χ2v) is 15.4. The van der Waals surface area contributed by atoms with E-state index < -0.39 is 0 Å². The molecule has 6 nitrogen and oxygen atoms in total. The summed E-state index contributed by atoms with van der Waals surface area (Å²) in [7, 11) is 0. The number of fused-ring (bicyclic) bond motifs is 6. The van der Waals surface area contributed by atoms with E-state index in [0.717, 1.165) is 88.9 Å². The van der Waals surface area contributed by atoms with Crippen LogP contribution in [-0.4, -0.2) is 19.9 Å². The monoisotopic (exact) mass is 794 g/mol. The van der Waals surface area contributed by atoms with E-state index >= 15 is 0 Å². The summed E-state index contributed by atoms with van der Waals surface area (Å²) in [6.07, 6.45) is 0. The molecule has 0 bridgehead atoms. The van der Waals surface area contributed by atoms with E-state index in [9.17, 15) is 0 Å². The Morgan fingerprint density at radius 2 is 0.532 bits per heavy atom. The molecule has 0 saturated heterocycles. The Labute approximate surface area is 356 Å². The van der Waals surface area contributed by atoms with E-state index in [4.69, 9.17) is 28.8 Å². The van der Waals surface area contributed by atoms with Crippen LogP contribution in [0.15, 0.2) is 215 Å². The van der Waals surface area contributed by atoms with Crippen LogP contribution in [0.1, 0.15) is 0 Å². The number of hydrogen-bond donors (Lipinski definition) is 0. The van der Waals surface area contributed by atoms with Crippen LogP contribution in [0.5, 0.6) is 0 Å². The number of nitrogens with zero attached hydrogens (tertiary/aromatic N) is 4. The molecule has 0 N–H and O–H groups in total. The second-order valence-electron chi connectivity index (χ2n) is 15.4. The zero-order valence-electron chi connectivity index (χ0n) is 33.2. The summed E-state index contributed by atoms with van der Waals surface area (Å²) in [6.45, 7) is 0. The summed E-state index contributed by atoms with van der Waals surface area (Å²) in [5.74, 6) is 1.27. The first-order chi connectivity index (χ1) is 30.7. The summed E-state index contributed by atoms with van der Waals surface area (Å²) in [5.41, 5.74) is 16.6. The van der Waals surface area contributed by atoms with Gasteiger partial charge in [-0.3, -0.25) is 0 Å². The Balaban J connectivity index is 0.882. The van der Waals surface area contributed by atoms with Gasteiger partial charge < -0.3 is 8.83 Å². The van der Waals surface area contributed by atoms with Gasteiger partial charge >= 0.3 is 0 Å². The molecule has 0 aliphatic rings. The zero-order valence-corrected chi connectivity index (χ0v) is 33.2. The molecule has 0 aliphatic carbocycles. The summed E-state index contributed by atoms with van der Waals surface area (Å²) >= 11 is 0. The normalized spacial score (nSPS) is 11.5. The standard InChI is InChI=1S/C56H34N4O2/c1-3-11-35(12-4-1)37-19-27-41(28-20-37)49-53-51(45-15-7-9-17-47(45)61-53)59-55(57-49)43-31-23-39(24-32-43)40-25-33-44(34-26-40)56-58-50(54-52(60-56)46-16-8-10-18-48(46)62-54)42-29-21-38(22-30-42)36-13-5-2-6-14-36/h1-34H. The first-order valence-electron chi connectivity index (χ1n) is 20.6. The van der Waals surface area contributed by atoms with Crippen LogP contribution in [0.2, 0.25) is 0 Å². The molecule has 0 radical (unpaired) electrons. The van der Waals surface area contributed by atoms with E-state index in [-0.39, 0.29) is 0 Å². The molecular weight excluding hydrogens is 761 g/mol. The Hall–Kier alpha value is -8.48.